The van der Waals surface area contributed by atoms with Crippen molar-refractivity contribution in [2.45, 2.75) is 20.3 Å². The van der Waals surface area contributed by atoms with Crippen molar-refractivity contribution < 1.29 is 9.90 Å². The highest BCUT2D eigenvalue weighted by molar-refractivity contribution is 5.50. The van der Waals surface area contributed by atoms with Crippen LogP contribution in [0, 0.1) is 5.41 Å². The molecule has 0 aromatic heterocycles. The third kappa shape index (κ3) is 2.75. The Morgan fingerprint density at radius 2 is 2.12 bits per heavy atom. The molecule has 0 fully saturated rings. The molecule has 0 spiro atoms. The van der Waals surface area contributed by atoms with E-state index in [1.807, 2.05) is 13.8 Å². The Labute approximate surface area is 49.5 Å². The fourth-order valence-corrected chi connectivity index (χ4v) is 0.290. The molecule has 0 aliphatic heterocycles. The van der Waals surface area contributed by atoms with Gasteiger partial charge in [-0.15, -0.1) is 0 Å². The summed E-state index contributed by atoms with van der Waals surface area (Å²) in [6.45, 7) is 3.77. The summed E-state index contributed by atoms with van der Waals surface area (Å²) in [4.78, 5) is 9.87. The van der Waals surface area contributed by atoms with Crippen molar-refractivity contribution in [2.75, 3.05) is 6.61 Å². The monoisotopic (exact) mass is 116 g/mol. The van der Waals surface area contributed by atoms with Crippen LogP contribution in [0.25, 0.3) is 0 Å². The lowest BCUT2D eigenvalue weighted by atomic mass is 9.92. The van der Waals surface area contributed by atoms with E-state index in [9.17, 15) is 4.79 Å². The number of aldehydes is 1. The van der Waals surface area contributed by atoms with Gasteiger partial charge >= 0.3 is 0 Å². The lowest BCUT2D eigenvalue weighted by Crippen LogP contribution is -2.16. The van der Waals surface area contributed by atoms with Gasteiger partial charge < -0.3 is 9.90 Å². The van der Waals surface area contributed by atoms with Crippen LogP contribution in [0.4, 0.5) is 0 Å². The quantitative estimate of drug-likeness (QED) is 0.548. The third-order valence-electron chi connectivity index (χ3n) is 1.06. The summed E-state index contributed by atoms with van der Waals surface area (Å²) >= 11 is 0. The molecule has 0 aromatic rings. The van der Waals surface area contributed by atoms with Gasteiger partial charge in [-0.2, -0.15) is 0 Å². The minimum absolute atomic E-state index is 0.0751. The summed E-state index contributed by atoms with van der Waals surface area (Å²) in [5.41, 5.74) is -0.220. The van der Waals surface area contributed by atoms with E-state index in [4.69, 9.17) is 5.11 Å². The standard InChI is InChI=1S/C6H12O2/c1-6(2,5-8)3-4-7/h4,8H,3,5H2,1-2H3. The van der Waals surface area contributed by atoms with Crippen molar-refractivity contribution >= 4 is 6.29 Å². The van der Waals surface area contributed by atoms with Crippen LogP contribution >= 0.6 is 0 Å². The van der Waals surface area contributed by atoms with E-state index in [-0.39, 0.29) is 12.0 Å². The first kappa shape index (κ1) is 7.63. The molecular formula is C6H12O2. The highest BCUT2D eigenvalue weighted by Crippen LogP contribution is 2.16. The van der Waals surface area contributed by atoms with Gasteiger partial charge in [0.05, 0.1) is 0 Å². The van der Waals surface area contributed by atoms with Crippen LogP contribution in [0.3, 0.4) is 0 Å². The van der Waals surface area contributed by atoms with E-state index in [2.05, 4.69) is 0 Å². The maximum atomic E-state index is 9.87. The highest BCUT2D eigenvalue weighted by atomic mass is 16.3. The van der Waals surface area contributed by atoms with E-state index >= 15 is 0 Å². The zero-order valence-corrected chi connectivity index (χ0v) is 5.35. The third-order valence-corrected chi connectivity index (χ3v) is 1.06. The molecule has 1 N–H and O–H groups in total. The number of aliphatic hydroxyl groups is 1. The minimum atomic E-state index is -0.220. The van der Waals surface area contributed by atoms with Gasteiger partial charge in [-0.1, -0.05) is 13.8 Å². The molecule has 8 heavy (non-hydrogen) atoms. The number of hydrogen-bond donors (Lipinski definition) is 1. The van der Waals surface area contributed by atoms with Gasteiger partial charge in [0.15, 0.2) is 0 Å². The number of carbonyl (C=O) groups excluding carboxylic acids is 1. The molecule has 0 aliphatic carbocycles. The number of aliphatic hydroxyl groups excluding tert-OH is 1. The Morgan fingerprint density at radius 1 is 1.62 bits per heavy atom. The molecule has 2 nitrogen and oxygen atoms in total. The lowest BCUT2D eigenvalue weighted by molar-refractivity contribution is -0.110. The van der Waals surface area contributed by atoms with E-state index in [1.54, 1.807) is 0 Å². The zero-order valence-electron chi connectivity index (χ0n) is 5.35. The Bertz CT molecular complexity index is 76.6. The first-order chi connectivity index (χ1) is 3.62. The van der Waals surface area contributed by atoms with Crippen LogP contribution in [0.2, 0.25) is 0 Å². The molecule has 2 heteroatoms. The van der Waals surface area contributed by atoms with Crippen molar-refractivity contribution in [1.29, 1.82) is 0 Å². The van der Waals surface area contributed by atoms with E-state index in [0.29, 0.717) is 6.42 Å². The fourth-order valence-electron chi connectivity index (χ4n) is 0.290. The summed E-state index contributed by atoms with van der Waals surface area (Å²) in [6, 6.07) is 0. The first-order valence-electron chi connectivity index (χ1n) is 2.67. The Kier molecular flexibility index (Phi) is 2.69. The molecule has 0 unspecified atom stereocenters. The van der Waals surface area contributed by atoms with Crippen LogP contribution in [-0.4, -0.2) is 18.0 Å². The van der Waals surface area contributed by atoms with Crippen molar-refractivity contribution in [2.24, 2.45) is 5.41 Å². The van der Waals surface area contributed by atoms with Crippen molar-refractivity contribution in [1.82, 2.24) is 0 Å². The normalized spacial score (nSPS) is 11.4. The molecule has 0 radical (unpaired) electrons. The molecular weight excluding hydrogens is 104 g/mol. The average Bonchev–Trinajstić information content (AvgIpc) is 1.67. The predicted molar refractivity (Wildman–Crippen MR) is 31.5 cm³/mol. The fraction of sp³-hybridized carbons (Fsp3) is 0.833. The molecule has 0 aromatic carbocycles. The second-order valence-electron chi connectivity index (χ2n) is 2.69. The molecule has 0 atom stereocenters. The van der Waals surface area contributed by atoms with E-state index in [1.165, 1.54) is 0 Å². The molecule has 0 saturated carbocycles. The molecule has 0 bridgehead atoms. The van der Waals surface area contributed by atoms with Gasteiger partial charge in [0.2, 0.25) is 0 Å². The molecule has 0 amide bonds. The van der Waals surface area contributed by atoms with Gasteiger partial charge in [0.1, 0.15) is 6.29 Å². The predicted octanol–water partition coefficient (Wildman–Crippen LogP) is 0.594. The molecule has 0 aliphatic rings. The molecule has 0 saturated heterocycles. The highest BCUT2D eigenvalue weighted by Gasteiger charge is 2.14. The van der Waals surface area contributed by atoms with E-state index in [0.717, 1.165) is 6.29 Å². The smallest absolute Gasteiger partial charge is 0.120 e. The summed E-state index contributed by atoms with van der Waals surface area (Å²) < 4.78 is 0. The van der Waals surface area contributed by atoms with Gasteiger partial charge in [0.25, 0.3) is 0 Å². The van der Waals surface area contributed by atoms with Crippen molar-refractivity contribution in [3.8, 4) is 0 Å². The van der Waals surface area contributed by atoms with Crippen LogP contribution in [0.1, 0.15) is 20.3 Å². The number of hydrogen-bond acceptors (Lipinski definition) is 2. The summed E-state index contributed by atoms with van der Waals surface area (Å²) in [7, 11) is 0. The second kappa shape index (κ2) is 2.82. The lowest BCUT2D eigenvalue weighted by Gasteiger charge is -2.16. The van der Waals surface area contributed by atoms with Gasteiger partial charge in [-0.25, -0.2) is 0 Å². The Morgan fingerprint density at radius 3 is 2.25 bits per heavy atom. The van der Waals surface area contributed by atoms with Crippen molar-refractivity contribution in [3.63, 3.8) is 0 Å². The topological polar surface area (TPSA) is 37.3 Å². The minimum Gasteiger partial charge on any atom is -0.396 e. The summed E-state index contributed by atoms with van der Waals surface area (Å²) in [5, 5.41) is 8.57. The zero-order chi connectivity index (χ0) is 6.62. The molecule has 0 rings (SSSR count). The van der Waals surface area contributed by atoms with E-state index < -0.39 is 0 Å². The summed E-state index contributed by atoms with van der Waals surface area (Å²) in [6.07, 6.45) is 1.26. The first-order valence-corrected chi connectivity index (χ1v) is 2.67. The maximum Gasteiger partial charge on any atom is 0.120 e. The Hall–Kier alpha value is -0.370. The largest absolute Gasteiger partial charge is 0.396 e. The Balaban J connectivity index is 3.53. The van der Waals surface area contributed by atoms with Gasteiger partial charge in [-0.3, -0.25) is 0 Å². The van der Waals surface area contributed by atoms with Crippen LogP contribution < -0.4 is 0 Å². The van der Waals surface area contributed by atoms with Crippen molar-refractivity contribution in [3.05, 3.63) is 0 Å². The molecule has 0 heterocycles. The maximum absolute atomic E-state index is 9.87. The average molecular weight is 116 g/mol. The van der Waals surface area contributed by atoms with Crippen LogP contribution in [-0.2, 0) is 4.79 Å². The number of carbonyl (C=O) groups is 1. The SMILES string of the molecule is CC(C)(CO)CC=O. The second-order valence-corrected chi connectivity index (χ2v) is 2.69. The summed E-state index contributed by atoms with van der Waals surface area (Å²) in [5.74, 6) is 0. The van der Waals surface area contributed by atoms with Crippen LogP contribution in [0.5, 0.6) is 0 Å². The number of rotatable bonds is 3. The van der Waals surface area contributed by atoms with Crippen LogP contribution in [0.15, 0.2) is 0 Å². The van der Waals surface area contributed by atoms with Gasteiger partial charge in [0, 0.05) is 13.0 Å². The van der Waals surface area contributed by atoms with Gasteiger partial charge in [-0.05, 0) is 5.41 Å². The molecule has 48 valence electrons.